The maximum atomic E-state index is 13.5. The molecule has 4 rings (SSSR count). The van der Waals surface area contributed by atoms with Gasteiger partial charge < -0.3 is 19.5 Å². The van der Waals surface area contributed by atoms with Gasteiger partial charge >= 0.3 is 5.97 Å². The van der Waals surface area contributed by atoms with Gasteiger partial charge in [0.05, 0.1) is 32.2 Å². The Hall–Kier alpha value is -4.66. The summed E-state index contributed by atoms with van der Waals surface area (Å²) < 4.78 is 30.6. The molecule has 1 heterocycles. The molecule has 0 radical (unpaired) electrons. The number of nitrogens with one attached hydrogen (secondary N) is 1. The highest BCUT2D eigenvalue weighted by molar-refractivity contribution is 6.05. The first kappa shape index (κ1) is 24.5. The summed E-state index contributed by atoms with van der Waals surface area (Å²) in [6.07, 6.45) is 0. The summed E-state index contributed by atoms with van der Waals surface area (Å²) in [6.45, 7) is 1.91. The quantitative estimate of drug-likeness (QED) is 0.345. The lowest BCUT2D eigenvalue weighted by molar-refractivity contribution is 0.0518. The van der Waals surface area contributed by atoms with Crippen LogP contribution >= 0.6 is 0 Å². The molecule has 0 aliphatic rings. The highest BCUT2D eigenvalue weighted by atomic mass is 19.1. The van der Waals surface area contributed by atoms with Crippen LogP contribution in [0.1, 0.15) is 27.8 Å². The van der Waals surface area contributed by atoms with Gasteiger partial charge in [-0.1, -0.05) is 12.1 Å². The predicted octanol–water partition coefficient (Wildman–Crippen LogP) is 5.12. The molecule has 0 fully saturated rings. The van der Waals surface area contributed by atoms with Crippen molar-refractivity contribution in [3.8, 4) is 28.4 Å². The first-order chi connectivity index (χ1) is 17.4. The summed E-state index contributed by atoms with van der Waals surface area (Å²) >= 11 is 0. The van der Waals surface area contributed by atoms with Crippen LogP contribution in [0.25, 0.3) is 16.9 Å². The molecule has 184 valence electrons. The molecule has 36 heavy (non-hydrogen) atoms. The van der Waals surface area contributed by atoms with Gasteiger partial charge in [0.25, 0.3) is 5.91 Å². The normalized spacial score (nSPS) is 10.6. The van der Waals surface area contributed by atoms with Gasteiger partial charge in [-0.2, -0.15) is 5.10 Å². The van der Waals surface area contributed by atoms with Crippen molar-refractivity contribution in [1.82, 2.24) is 9.78 Å². The Bertz CT molecular complexity index is 1380. The van der Waals surface area contributed by atoms with E-state index in [0.29, 0.717) is 39.7 Å². The van der Waals surface area contributed by atoms with Crippen LogP contribution in [0.15, 0.2) is 72.8 Å². The monoisotopic (exact) mass is 489 g/mol. The molecular formula is C27H24FN3O5. The van der Waals surface area contributed by atoms with Crippen LogP contribution < -0.4 is 14.8 Å². The first-order valence-corrected chi connectivity index (χ1v) is 11.1. The van der Waals surface area contributed by atoms with Crippen LogP contribution in [0.3, 0.4) is 0 Å². The van der Waals surface area contributed by atoms with Crippen molar-refractivity contribution < 1.29 is 28.2 Å². The van der Waals surface area contributed by atoms with Crippen LogP contribution in [0.4, 0.5) is 10.1 Å². The van der Waals surface area contributed by atoms with E-state index in [2.05, 4.69) is 10.4 Å². The van der Waals surface area contributed by atoms with Gasteiger partial charge in [0, 0.05) is 22.9 Å². The van der Waals surface area contributed by atoms with Crippen molar-refractivity contribution in [1.29, 1.82) is 0 Å². The Labute approximate surface area is 207 Å². The Morgan fingerprint density at radius 3 is 2.28 bits per heavy atom. The molecule has 0 aliphatic heterocycles. The minimum atomic E-state index is -0.573. The van der Waals surface area contributed by atoms with Gasteiger partial charge in [0.2, 0.25) is 0 Å². The fourth-order valence-corrected chi connectivity index (χ4v) is 3.57. The van der Waals surface area contributed by atoms with Gasteiger partial charge in [-0.15, -0.1) is 0 Å². The lowest BCUT2D eigenvalue weighted by Gasteiger charge is -2.11. The van der Waals surface area contributed by atoms with Gasteiger partial charge in [-0.3, -0.25) is 4.79 Å². The zero-order valence-corrected chi connectivity index (χ0v) is 19.9. The van der Waals surface area contributed by atoms with Crippen molar-refractivity contribution in [3.63, 3.8) is 0 Å². The number of benzene rings is 3. The van der Waals surface area contributed by atoms with Crippen molar-refractivity contribution in [3.05, 3.63) is 89.9 Å². The van der Waals surface area contributed by atoms with Crippen LogP contribution in [-0.4, -0.2) is 42.5 Å². The van der Waals surface area contributed by atoms with E-state index in [0.717, 1.165) is 0 Å². The summed E-state index contributed by atoms with van der Waals surface area (Å²) in [7, 11) is 3.02. The van der Waals surface area contributed by atoms with E-state index in [1.165, 1.54) is 31.0 Å². The van der Waals surface area contributed by atoms with Crippen molar-refractivity contribution in [2.45, 2.75) is 6.92 Å². The maximum absolute atomic E-state index is 13.5. The third kappa shape index (κ3) is 5.35. The average molecular weight is 490 g/mol. The zero-order valence-electron chi connectivity index (χ0n) is 19.9. The minimum absolute atomic E-state index is 0.106. The molecule has 1 aromatic heterocycles. The molecule has 0 unspecified atom stereocenters. The van der Waals surface area contributed by atoms with Gasteiger partial charge in [-0.25, -0.2) is 13.9 Å². The van der Waals surface area contributed by atoms with E-state index >= 15 is 0 Å². The smallest absolute Gasteiger partial charge is 0.358 e. The molecule has 0 bridgehead atoms. The van der Waals surface area contributed by atoms with E-state index in [1.807, 2.05) is 6.07 Å². The second kappa shape index (κ2) is 10.7. The number of nitrogens with zero attached hydrogens (tertiary/aromatic N) is 2. The molecule has 0 aliphatic carbocycles. The number of rotatable bonds is 8. The summed E-state index contributed by atoms with van der Waals surface area (Å²) in [5.74, 6) is -0.345. The van der Waals surface area contributed by atoms with E-state index in [1.54, 1.807) is 61.5 Å². The lowest BCUT2D eigenvalue weighted by Crippen LogP contribution is -2.12. The van der Waals surface area contributed by atoms with E-state index in [4.69, 9.17) is 14.2 Å². The minimum Gasteiger partial charge on any atom is -0.497 e. The summed E-state index contributed by atoms with van der Waals surface area (Å²) in [5, 5.41) is 7.25. The van der Waals surface area contributed by atoms with E-state index < -0.39 is 11.8 Å². The number of methoxy groups -OCH3 is 2. The van der Waals surface area contributed by atoms with Crippen molar-refractivity contribution in [2.24, 2.45) is 0 Å². The highest BCUT2D eigenvalue weighted by Gasteiger charge is 2.18. The lowest BCUT2D eigenvalue weighted by atomic mass is 10.1. The molecule has 4 aromatic rings. The number of ether oxygens (including phenoxy) is 3. The third-order valence-electron chi connectivity index (χ3n) is 5.29. The standard InChI is InChI=1S/C27H24FN3O5/c1-4-36-27(33)24-16-25(31(30-24)21-10-8-19(28)9-11-21)17-6-5-7-20(12-17)29-26(32)18-13-22(34-2)15-23(14-18)35-3/h5-16H,4H2,1-3H3,(H,29,32). The molecule has 3 aromatic carbocycles. The molecular weight excluding hydrogens is 465 g/mol. The predicted molar refractivity (Wildman–Crippen MR) is 132 cm³/mol. The molecule has 0 saturated carbocycles. The number of hydrogen-bond acceptors (Lipinski definition) is 6. The fraction of sp³-hybridized carbons (Fsp3) is 0.148. The van der Waals surface area contributed by atoms with Crippen LogP contribution in [-0.2, 0) is 4.74 Å². The highest BCUT2D eigenvalue weighted by Crippen LogP contribution is 2.28. The Kier molecular flexibility index (Phi) is 7.29. The topological polar surface area (TPSA) is 91.7 Å². The van der Waals surface area contributed by atoms with Gasteiger partial charge in [0.1, 0.15) is 17.3 Å². The maximum Gasteiger partial charge on any atom is 0.358 e. The molecule has 0 atom stereocenters. The van der Waals surface area contributed by atoms with Gasteiger partial charge in [0.15, 0.2) is 5.69 Å². The molecule has 1 N–H and O–H groups in total. The number of aromatic nitrogens is 2. The molecule has 8 nitrogen and oxygen atoms in total. The summed E-state index contributed by atoms with van der Waals surface area (Å²) in [4.78, 5) is 25.3. The largest absolute Gasteiger partial charge is 0.497 e. The molecule has 9 heteroatoms. The van der Waals surface area contributed by atoms with E-state index in [-0.39, 0.29) is 18.2 Å². The Balaban J connectivity index is 1.69. The summed E-state index contributed by atoms with van der Waals surface area (Å²) in [6, 6.07) is 19.3. The zero-order chi connectivity index (χ0) is 25.7. The number of esters is 1. The number of carbonyl (C=O) groups is 2. The van der Waals surface area contributed by atoms with Crippen LogP contribution in [0.5, 0.6) is 11.5 Å². The van der Waals surface area contributed by atoms with E-state index in [9.17, 15) is 14.0 Å². The van der Waals surface area contributed by atoms with Gasteiger partial charge in [-0.05, 0) is 61.5 Å². The van der Waals surface area contributed by atoms with Crippen molar-refractivity contribution >= 4 is 17.6 Å². The number of hydrogen-bond donors (Lipinski definition) is 1. The summed E-state index contributed by atoms with van der Waals surface area (Å²) in [5.41, 5.74) is 2.77. The SMILES string of the molecule is CCOC(=O)c1cc(-c2cccc(NC(=O)c3cc(OC)cc(OC)c3)c2)n(-c2ccc(F)cc2)n1. The second-order valence-electron chi connectivity index (χ2n) is 7.66. The molecule has 0 spiro atoms. The first-order valence-electron chi connectivity index (χ1n) is 11.1. The Morgan fingerprint density at radius 1 is 0.944 bits per heavy atom. The number of halogens is 1. The second-order valence-corrected chi connectivity index (χ2v) is 7.66. The molecule has 0 saturated heterocycles. The van der Waals surface area contributed by atoms with Crippen molar-refractivity contribution in [2.75, 3.05) is 26.1 Å². The average Bonchev–Trinajstić information content (AvgIpc) is 3.35. The molecule has 1 amide bonds. The third-order valence-corrected chi connectivity index (χ3v) is 5.29. The van der Waals surface area contributed by atoms with Crippen LogP contribution in [0.2, 0.25) is 0 Å². The fourth-order valence-electron chi connectivity index (χ4n) is 3.57. The number of anilines is 1. The Morgan fingerprint density at radius 2 is 1.64 bits per heavy atom. The number of carbonyl (C=O) groups excluding carboxylic acids is 2. The number of amides is 1. The van der Waals surface area contributed by atoms with Crippen LogP contribution in [0, 0.1) is 5.82 Å².